The third-order valence-electron chi connectivity index (χ3n) is 16.3. The lowest BCUT2D eigenvalue weighted by atomic mass is 9.94. The van der Waals surface area contributed by atoms with Crippen LogP contribution in [0.5, 0.6) is 0 Å². The van der Waals surface area contributed by atoms with Crippen LogP contribution in [0, 0.1) is 23.7 Å². The van der Waals surface area contributed by atoms with Crippen LogP contribution < -0.4 is 26.1 Å². The van der Waals surface area contributed by atoms with Gasteiger partial charge in [-0.1, -0.05) is 173 Å². The number of hydrogen-bond acceptors (Lipinski definition) is 12. The lowest BCUT2D eigenvalue weighted by Gasteiger charge is -2.35. The van der Waals surface area contributed by atoms with E-state index < -0.39 is 95.8 Å². The van der Waals surface area contributed by atoms with Crippen LogP contribution in [0.4, 0.5) is 4.79 Å². The summed E-state index contributed by atoms with van der Waals surface area (Å²) in [6, 6.07) is 15.8. The van der Waals surface area contributed by atoms with Gasteiger partial charge in [-0.25, -0.2) is 9.59 Å². The smallest absolute Gasteiger partial charge is 0.407 e. The number of benzene rings is 3. The van der Waals surface area contributed by atoms with Crippen LogP contribution in [0.25, 0.3) is 22.0 Å². The van der Waals surface area contributed by atoms with Gasteiger partial charge in [-0.2, -0.15) is 4.73 Å². The summed E-state index contributed by atoms with van der Waals surface area (Å²) >= 11 is 0. The van der Waals surface area contributed by atoms with Gasteiger partial charge in [-0.05, 0) is 104 Å². The van der Waals surface area contributed by atoms with Crippen LogP contribution in [0.2, 0.25) is 0 Å². The number of para-hydroxylation sites is 1. The molecule has 19 heteroatoms. The molecule has 89 heavy (non-hydrogen) atoms. The van der Waals surface area contributed by atoms with E-state index in [1.807, 2.05) is 114 Å². The Bertz CT molecular complexity index is 2990. The minimum Gasteiger partial charge on any atom is -0.460 e. The quantitative estimate of drug-likeness (QED) is 0.0191. The van der Waals surface area contributed by atoms with E-state index in [4.69, 9.17) is 19.0 Å². The molecule has 19 nitrogen and oxygen atoms in total. The molecule has 488 valence electrons. The van der Waals surface area contributed by atoms with Crippen LogP contribution in [-0.2, 0) is 54.2 Å². The maximum atomic E-state index is 15.3. The molecule has 0 spiro atoms. The Kier molecular flexibility index (Phi) is 27.8. The number of esters is 2. The molecule has 0 aliphatic heterocycles. The summed E-state index contributed by atoms with van der Waals surface area (Å²) < 4.78 is 18.6. The van der Waals surface area contributed by atoms with Crippen LogP contribution in [0.3, 0.4) is 0 Å². The van der Waals surface area contributed by atoms with E-state index in [0.717, 1.165) is 65.3 Å². The zero-order chi connectivity index (χ0) is 65.7. The largest absolute Gasteiger partial charge is 0.460 e. The molecule has 1 aromatic heterocycles. The molecule has 1 aliphatic rings. The molecule has 0 fully saturated rings. The minimum atomic E-state index is -1.54. The summed E-state index contributed by atoms with van der Waals surface area (Å²) in [5.41, 5.74) is 4.51. The topological polar surface area (TPSA) is 233 Å². The van der Waals surface area contributed by atoms with Crippen molar-refractivity contribution in [3.05, 3.63) is 108 Å². The number of rotatable bonds is 35. The SMILES string of the molecule is C=CCOC(=O)[C@H](C[C@H](C)CCCC)NC(=O)[C@H](Cc1cn(OC)c2ccccc12)N(C)C(=O)[C@H](CC(C)C)NC(=O)[C@H](CC(C)C)N(C)C(=O)[C@H](C[C@H](C)CCCC)NC(=O)[C@@H](CC(=O)OC(C)(C)C)NC(=O)OCC1c2ccccc2-c2ccccc21. The second-order valence-corrected chi connectivity index (χ2v) is 26.0. The van der Waals surface area contributed by atoms with Gasteiger partial charge in [-0.15, -0.1) is 0 Å². The maximum absolute atomic E-state index is 15.3. The molecule has 0 bridgehead atoms. The zero-order valence-electron chi connectivity index (χ0n) is 55.3. The Hall–Kier alpha value is -7.70. The predicted octanol–water partition coefficient (Wildman–Crippen LogP) is 10.2. The molecule has 0 saturated heterocycles. The molecule has 5 rings (SSSR count). The van der Waals surface area contributed by atoms with E-state index in [1.54, 1.807) is 31.7 Å². The summed E-state index contributed by atoms with van der Waals surface area (Å²) in [5, 5.41) is 12.2. The molecular formula is C70H101N7O12. The Morgan fingerprint density at radius 3 is 1.69 bits per heavy atom. The van der Waals surface area contributed by atoms with Gasteiger partial charge in [0.15, 0.2) is 0 Å². The average Bonchev–Trinajstić information content (AvgIpc) is 1.75. The van der Waals surface area contributed by atoms with Crippen molar-refractivity contribution in [1.82, 2.24) is 35.8 Å². The van der Waals surface area contributed by atoms with Crippen molar-refractivity contribution < 1.29 is 57.4 Å². The molecule has 1 aliphatic carbocycles. The number of nitrogens with one attached hydrogen (secondary N) is 4. The van der Waals surface area contributed by atoms with Crippen LogP contribution >= 0.6 is 0 Å². The Morgan fingerprint density at radius 1 is 0.629 bits per heavy atom. The number of unbranched alkanes of at least 4 members (excludes halogenated alkanes) is 2. The standard InChI is InChI=1S/C70H101N7O12/c1-16-19-27-46(8)38-57(71-63(79)55(41-62(78)89-70(10,11)12)74-69(85)88-43-54-52-32-23-21-30-50(52)51-31-22-24-33-53(51)54)67(83)75(13)60(37-45(6)7)64(80)72-56(36-44(4)5)66(82)76(14)61(40-48-42-77(86-15)59-34-26-25-29-49(48)59)65(81)73-58(68(84)87-35-18-3)39-47(9)28-20-17-2/h18,21-26,29-34,42,44-47,54-58,60-61H,3,16-17,19-20,27-28,35-41,43H2,1-2,4-15H3,(H,71,79)(H,72,80)(H,73,81)(H,74,85)/t46-,47-,55-,56+,57+,58+,60+,61+/m1/s1. The number of amides is 6. The molecule has 0 radical (unpaired) electrons. The number of likely N-dealkylation sites (N-methyl/N-ethyl adjacent to an activating group) is 2. The van der Waals surface area contributed by atoms with Crippen molar-refractivity contribution in [3.8, 4) is 11.1 Å². The minimum absolute atomic E-state index is 0.00997. The number of ether oxygens (including phenoxy) is 3. The number of carbonyl (C=O) groups is 8. The third-order valence-corrected chi connectivity index (χ3v) is 16.3. The number of alkyl carbamates (subject to hydrolysis) is 1. The molecule has 3 aromatic carbocycles. The van der Waals surface area contributed by atoms with Gasteiger partial charge in [0.05, 0.1) is 11.9 Å². The summed E-state index contributed by atoms with van der Waals surface area (Å²) in [5.74, 6) is -5.35. The van der Waals surface area contributed by atoms with Crippen molar-refractivity contribution in [2.24, 2.45) is 23.7 Å². The average molecular weight is 1230 g/mol. The van der Waals surface area contributed by atoms with Crippen molar-refractivity contribution in [1.29, 1.82) is 0 Å². The Labute approximate surface area is 528 Å². The van der Waals surface area contributed by atoms with E-state index in [9.17, 15) is 24.0 Å². The van der Waals surface area contributed by atoms with E-state index in [2.05, 4.69) is 41.7 Å². The molecule has 0 unspecified atom stereocenters. The second-order valence-electron chi connectivity index (χ2n) is 26.0. The second kappa shape index (κ2) is 34.3. The van der Waals surface area contributed by atoms with Crippen molar-refractivity contribution in [2.45, 2.75) is 201 Å². The first-order valence-electron chi connectivity index (χ1n) is 31.9. The normalized spacial score (nSPS) is 14.8. The lowest BCUT2D eigenvalue weighted by molar-refractivity contribution is -0.156. The van der Waals surface area contributed by atoms with Crippen LogP contribution in [0.15, 0.2) is 91.6 Å². The van der Waals surface area contributed by atoms with Crippen molar-refractivity contribution in [2.75, 3.05) is 34.4 Å². The first-order valence-corrected chi connectivity index (χ1v) is 31.9. The van der Waals surface area contributed by atoms with Gasteiger partial charge in [0, 0.05) is 38.0 Å². The number of hydrogen-bond donors (Lipinski definition) is 4. The summed E-state index contributed by atoms with van der Waals surface area (Å²) in [4.78, 5) is 125. The fourth-order valence-corrected chi connectivity index (χ4v) is 11.7. The van der Waals surface area contributed by atoms with Gasteiger partial charge in [0.2, 0.25) is 29.5 Å². The molecule has 1 heterocycles. The number of nitrogens with zero attached hydrogens (tertiary/aromatic N) is 3. The van der Waals surface area contributed by atoms with E-state index >= 15 is 14.4 Å². The van der Waals surface area contributed by atoms with Gasteiger partial charge < -0.3 is 50.1 Å². The molecular weight excluding hydrogens is 1130 g/mol. The predicted molar refractivity (Wildman–Crippen MR) is 346 cm³/mol. The monoisotopic (exact) mass is 1230 g/mol. The van der Waals surface area contributed by atoms with Gasteiger partial charge in [-0.3, -0.25) is 28.8 Å². The van der Waals surface area contributed by atoms with Gasteiger partial charge >= 0.3 is 18.0 Å². The third kappa shape index (κ3) is 20.9. The fraction of sp³-hybridized carbons (Fsp3) is 0.571. The van der Waals surface area contributed by atoms with Crippen molar-refractivity contribution in [3.63, 3.8) is 0 Å². The fourth-order valence-electron chi connectivity index (χ4n) is 11.7. The summed E-state index contributed by atoms with van der Waals surface area (Å²) in [6.07, 6.45) is 7.52. The molecule has 6 amide bonds. The van der Waals surface area contributed by atoms with Crippen LogP contribution in [-0.4, -0.2) is 138 Å². The molecule has 4 N–H and O–H groups in total. The highest BCUT2D eigenvalue weighted by molar-refractivity contribution is 5.98. The van der Waals surface area contributed by atoms with E-state index in [-0.39, 0.29) is 74.9 Å². The summed E-state index contributed by atoms with van der Waals surface area (Å²) in [7, 11) is 4.51. The Balaban J connectivity index is 1.46. The van der Waals surface area contributed by atoms with Crippen molar-refractivity contribution >= 4 is 58.5 Å². The van der Waals surface area contributed by atoms with Crippen LogP contribution in [0.1, 0.15) is 169 Å². The Morgan fingerprint density at radius 2 is 1.13 bits per heavy atom. The molecule has 4 aromatic rings. The molecule has 8 atom stereocenters. The highest BCUT2D eigenvalue weighted by atomic mass is 16.6. The lowest BCUT2D eigenvalue weighted by Crippen LogP contribution is -2.60. The number of fused-ring (bicyclic) bond motifs is 4. The summed E-state index contributed by atoms with van der Waals surface area (Å²) in [6.45, 7) is 24.4. The first kappa shape index (κ1) is 72.0. The highest BCUT2D eigenvalue weighted by Crippen LogP contribution is 2.44. The zero-order valence-corrected chi connectivity index (χ0v) is 55.3. The maximum Gasteiger partial charge on any atom is 0.407 e. The number of carbonyl (C=O) groups excluding carboxylic acids is 8. The highest BCUT2D eigenvalue weighted by Gasteiger charge is 2.40. The first-order chi connectivity index (χ1) is 42.2. The van der Waals surface area contributed by atoms with Gasteiger partial charge in [0.1, 0.15) is 62.2 Å². The van der Waals surface area contributed by atoms with E-state index in [1.165, 1.54) is 37.1 Å². The van der Waals surface area contributed by atoms with E-state index in [0.29, 0.717) is 12.0 Å². The van der Waals surface area contributed by atoms with Gasteiger partial charge in [0.25, 0.3) is 0 Å². The molecule has 0 saturated carbocycles. The number of aromatic nitrogens is 1.